The number of hydrogen-bond donors (Lipinski definition) is 2. The summed E-state index contributed by atoms with van der Waals surface area (Å²) in [6.45, 7) is 4.83. The first-order chi connectivity index (χ1) is 12.1. The molecule has 1 amide bonds. The predicted molar refractivity (Wildman–Crippen MR) is 94.4 cm³/mol. The minimum atomic E-state index is -0.630. The zero-order chi connectivity index (χ0) is 18.1. The minimum absolute atomic E-state index is 0.0384. The molecule has 0 radical (unpaired) electrons. The summed E-state index contributed by atoms with van der Waals surface area (Å²) in [5, 5.41) is 5.64. The number of anilines is 2. The Balaban J connectivity index is 1.92. The molecule has 1 atom stereocenters. The molecule has 0 aliphatic heterocycles. The summed E-state index contributed by atoms with van der Waals surface area (Å²) >= 11 is 0. The Morgan fingerprint density at radius 2 is 1.88 bits per heavy atom. The smallest absolute Gasteiger partial charge is 0.413 e. The van der Waals surface area contributed by atoms with E-state index in [-0.39, 0.29) is 12.0 Å². The van der Waals surface area contributed by atoms with Crippen LogP contribution in [0.1, 0.15) is 24.7 Å². The molecule has 1 aromatic carbocycles. The van der Waals surface area contributed by atoms with E-state index in [2.05, 4.69) is 30.3 Å². The van der Waals surface area contributed by atoms with Gasteiger partial charge in [0.05, 0.1) is 26.4 Å². The van der Waals surface area contributed by atoms with Crippen molar-refractivity contribution in [3.8, 4) is 0 Å². The molecule has 8 nitrogen and oxygen atoms in total. The standard InChI is InChI=1S/C17H23N5O3/c1-4-14(11-25-10-13-8-6-5-7-9-13)20-15-18-12(2)19-16(21-15)22-17(23)24-3/h5-9,14H,4,10-11H2,1-3H3,(H2,18,19,20,21,22,23). The van der Waals surface area contributed by atoms with Gasteiger partial charge in [0.1, 0.15) is 5.82 Å². The summed E-state index contributed by atoms with van der Waals surface area (Å²) in [7, 11) is 1.28. The van der Waals surface area contributed by atoms with Gasteiger partial charge in [-0.2, -0.15) is 15.0 Å². The van der Waals surface area contributed by atoms with Crippen LogP contribution < -0.4 is 10.6 Å². The van der Waals surface area contributed by atoms with Crippen LogP contribution >= 0.6 is 0 Å². The number of carbonyl (C=O) groups is 1. The van der Waals surface area contributed by atoms with Crippen molar-refractivity contribution in [3.63, 3.8) is 0 Å². The third kappa shape index (κ3) is 6.34. The van der Waals surface area contributed by atoms with E-state index in [0.717, 1.165) is 12.0 Å². The van der Waals surface area contributed by atoms with Crippen molar-refractivity contribution in [2.75, 3.05) is 24.4 Å². The summed E-state index contributed by atoms with van der Waals surface area (Å²) in [6.07, 6.45) is 0.203. The number of ether oxygens (including phenoxy) is 2. The molecule has 25 heavy (non-hydrogen) atoms. The van der Waals surface area contributed by atoms with Crippen LogP contribution in [0.4, 0.5) is 16.7 Å². The Kier molecular flexibility index (Phi) is 7.09. The zero-order valence-corrected chi connectivity index (χ0v) is 14.7. The predicted octanol–water partition coefficient (Wildman–Crippen LogP) is 2.77. The van der Waals surface area contributed by atoms with E-state index in [4.69, 9.17) is 4.74 Å². The quantitative estimate of drug-likeness (QED) is 0.759. The Hall–Kier alpha value is -2.74. The zero-order valence-electron chi connectivity index (χ0n) is 14.7. The topological polar surface area (TPSA) is 98.3 Å². The second-order valence-corrected chi connectivity index (χ2v) is 5.40. The fraction of sp³-hybridized carbons (Fsp3) is 0.412. The molecule has 2 aromatic rings. The number of carbonyl (C=O) groups excluding carboxylic acids is 1. The highest BCUT2D eigenvalue weighted by Gasteiger charge is 2.12. The second kappa shape index (κ2) is 9.53. The Morgan fingerprint density at radius 3 is 2.56 bits per heavy atom. The van der Waals surface area contributed by atoms with Crippen LogP contribution in [0.2, 0.25) is 0 Å². The summed E-state index contributed by atoms with van der Waals surface area (Å²) in [4.78, 5) is 23.8. The van der Waals surface area contributed by atoms with Gasteiger partial charge in [0.15, 0.2) is 0 Å². The largest absolute Gasteiger partial charge is 0.453 e. The van der Waals surface area contributed by atoms with Crippen LogP contribution in [0.25, 0.3) is 0 Å². The average molecular weight is 345 g/mol. The van der Waals surface area contributed by atoms with Crippen LogP contribution in [0, 0.1) is 6.92 Å². The third-order valence-corrected chi connectivity index (χ3v) is 3.40. The van der Waals surface area contributed by atoms with Crippen LogP contribution in [0.3, 0.4) is 0 Å². The van der Waals surface area contributed by atoms with Crippen molar-refractivity contribution in [3.05, 3.63) is 41.7 Å². The number of nitrogens with one attached hydrogen (secondary N) is 2. The van der Waals surface area contributed by atoms with Gasteiger partial charge in [0, 0.05) is 0 Å². The number of hydrogen-bond acceptors (Lipinski definition) is 7. The molecule has 2 rings (SSSR count). The molecular weight excluding hydrogens is 322 g/mol. The van der Waals surface area contributed by atoms with Crippen molar-refractivity contribution in [1.82, 2.24) is 15.0 Å². The molecule has 1 heterocycles. The molecule has 0 bridgehead atoms. The van der Waals surface area contributed by atoms with Gasteiger partial charge in [-0.05, 0) is 18.9 Å². The number of amides is 1. The van der Waals surface area contributed by atoms with Crippen molar-refractivity contribution in [2.45, 2.75) is 32.9 Å². The molecule has 0 saturated carbocycles. The highest BCUT2D eigenvalue weighted by molar-refractivity contribution is 5.82. The van der Waals surface area contributed by atoms with E-state index < -0.39 is 6.09 Å². The van der Waals surface area contributed by atoms with Gasteiger partial charge in [-0.3, -0.25) is 5.32 Å². The van der Waals surface area contributed by atoms with E-state index in [9.17, 15) is 4.79 Å². The van der Waals surface area contributed by atoms with Crippen molar-refractivity contribution < 1.29 is 14.3 Å². The highest BCUT2D eigenvalue weighted by Crippen LogP contribution is 2.09. The lowest BCUT2D eigenvalue weighted by Gasteiger charge is -2.17. The number of nitrogens with zero attached hydrogens (tertiary/aromatic N) is 3. The number of aryl methyl sites for hydroxylation is 1. The average Bonchev–Trinajstić information content (AvgIpc) is 2.61. The number of rotatable bonds is 8. The van der Waals surface area contributed by atoms with Gasteiger partial charge < -0.3 is 14.8 Å². The second-order valence-electron chi connectivity index (χ2n) is 5.40. The monoisotopic (exact) mass is 345 g/mol. The molecule has 0 spiro atoms. The first kappa shape index (κ1) is 18.6. The molecule has 1 unspecified atom stereocenters. The molecule has 0 aliphatic rings. The minimum Gasteiger partial charge on any atom is -0.453 e. The van der Waals surface area contributed by atoms with Crippen molar-refractivity contribution >= 4 is 18.0 Å². The number of benzene rings is 1. The van der Waals surface area contributed by atoms with Gasteiger partial charge >= 0.3 is 6.09 Å². The summed E-state index contributed by atoms with van der Waals surface area (Å²) < 4.78 is 10.3. The van der Waals surface area contributed by atoms with Crippen molar-refractivity contribution in [1.29, 1.82) is 0 Å². The lowest BCUT2D eigenvalue weighted by molar-refractivity contribution is 0.111. The van der Waals surface area contributed by atoms with Crippen LogP contribution in [0.15, 0.2) is 30.3 Å². The van der Waals surface area contributed by atoms with Crippen LogP contribution in [0.5, 0.6) is 0 Å². The molecule has 0 saturated heterocycles. The lowest BCUT2D eigenvalue weighted by Crippen LogP contribution is -2.26. The van der Waals surface area contributed by atoms with Gasteiger partial charge in [-0.25, -0.2) is 4.79 Å². The lowest BCUT2D eigenvalue weighted by atomic mass is 10.2. The molecule has 2 N–H and O–H groups in total. The Bertz CT molecular complexity index is 681. The number of methoxy groups -OCH3 is 1. The number of aromatic nitrogens is 3. The van der Waals surface area contributed by atoms with Gasteiger partial charge in [-0.1, -0.05) is 37.3 Å². The normalized spacial score (nSPS) is 11.6. The molecule has 0 fully saturated rings. The van der Waals surface area contributed by atoms with E-state index >= 15 is 0 Å². The van der Waals surface area contributed by atoms with Crippen LogP contribution in [-0.4, -0.2) is 40.8 Å². The molecule has 0 aliphatic carbocycles. The first-order valence-corrected chi connectivity index (χ1v) is 8.06. The third-order valence-electron chi connectivity index (χ3n) is 3.40. The van der Waals surface area contributed by atoms with E-state index in [1.807, 2.05) is 37.3 Å². The van der Waals surface area contributed by atoms with E-state index in [1.54, 1.807) is 6.92 Å². The summed E-state index contributed by atoms with van der Waals surface area (Å²) in [5.74, 6) is 1.01. The molecule has 8 heteroatoms. The SMILES string of the molecule is CCC(COCc1ccccc1)Nc1nc(C)nc(NC(=O)OC)n1. The fourth-order valence-electron chi connectivity index (χ4n) is 2.08. The maximum atomic E-state index is 11.3. The van der Waals surface area contributed by atoms with Gasteiger partial charge in [0.25, 0.3) is 0 Å². The van der Waals surface area contributed by atoms with Gasteiger partial charge in [-0.15, -0.1) is 0 Å². The van der Waals surface area contributed by atoms with E-state index in [0.29, 0.717) is 25.0 Å². The fourth-order valence-corrected chi connectivity index (χ4v) is 2.08. The maximum absolute atomic E-state index is 11.3. The maximum Gasteiger partial charge on any atom is 0.413 e. The Labute approximate surface area is 147 Å². The molecular formula is C17H23N5O3. The first-order valence-electron chi connectivity index (χ1n) is 8.06. The van der Waals surface area contributed by atoms with Gasteiger partial charge in [0.2, 0.25) is 11.9 Å². The Morgan fingerprint density at radius 1 is 1.16 bits per heavy atom. The van der Waals surface area contributed by atoms with E-state index in [1.165, 1.54) is 7.11 Å². The summed E-state index contributed by atoms with van der Waals surface area (Å²) in [5.41, 5.74) is 1.12. The van der Waals surface area contributed by atoms with Crippen LogP contribution in [-0.2, 0) is 16.1 Å². The molecule has 134 valence electrons. The summed E-state index contributed by atoms with van der Waals surface area (Å²) in [6, 6.07) is 10.0. The van der Waals surface area contributed by atoms with Crippen molar-refractivity contribution in [2.24, 2.45) is 0 Å². The highest BCUT2D eigenvalue weighted by atomic mass is 16.5. The molecule has 1 aromatic heterocycles.